The molecule has 1 fully saturated rings. The summed E-state index contributed by atoms with van der Waals surface area (Å²) in [5.41, 5.74) is 1.28. The van der Waals surface area contributed by atoms with Gasteiger partial charge in [0.05, 0.1) is 18.0 Å². The lowest BCUT2D eigenvalue weighted by atomic mass is 10.2. The van der Waals surface area contributed by atoms with Gasteiger partial charge in [-0.15, -0.1) is 0 Å². The topological polar surface area (TPSA) is 49.2 Å². The minimum atomic E-state index is -0.647. The fourth-order valence-corrected chi connectivity index (χ4v) is 4.55. The van der Waals surface area contributed by atoms with Gasteiger partial charge in [-0.3, -0.25) is 4.57 Å². The van der Waals surface area contributed by atoms with Gasteiger partial charge in [-0.2, -0.15) is 0 Å². The van der Waals surface area contributed by atoms with Gasteiger partial charge in [0.2, 0.25) is 0 Å². The van der Waals surface area contributed by atoms with Crippen LogP contribution < -0.4 is 4.74 Å². The van der Waals surface area contributed by atoms with E-state index in [9.17, 15) is 8.78 Å². The molecule has 1 saturated heterocycles. The van der Waals surface area contributed by atoms with Crippen LogP contribution in [-0.4, -0.2) is 27.7 Å². The molecule has 4 rings (SSSR count). The number of pyridine rings is 1. The van der Waals surface area contributed by atoms with Crippen molar-refractivity contribution in [3.63, 3.8) is 0 Å². The average Bonchev–Trinajstić information content (AvgIpc) is 3.14. The van der Waals surface area contributed by atoms with Crippen LogP contribution in [0.1, 0.15) is 44.4 Å². The number of rotatable bonds is 7. The zero-order valence-corrected chi connectivity index (χ0v) is 18.1. The first-order valence-corrected chi connectivity index (χ1v) is 11.3. The first-order chi connectivity index (χ1) is 14.6. The maximum Gasteiger partial charge on any atom is 0.163 e. The number of nitrogens with zero attached hydrogens (tertiary/aromatic N) is 3. The van der Waals surface area contributed by atoms with Crippen molar-refractivity contribution in [2.75, 3.05) is 13.2 Å². The SMILES string of the molecule is CCCOc1cc(F)c(CSc2nc3c(cc2Cl)ncn3C2CCCCO2)c(F)c1. The van der Waals surface area contributed by atoms with Gasteiger partial charge < -0.3 is 9.47 Å². The van der Waals surface area contributed by atoms with Gasteiger partial charge in [0, 0.05) is 30.1 Å². The van der Waals surface area contributed by atoms with E-state index >= 15 is 0 Å². The van der Waals surface area contributed by atoms with Gasteiger partial charge in [-0.1, -0.05) is 30.3 Å². The van der Waals surface area contributed by atoms with Crippen molar-refractivity contribution in [3.05, 3.63) is 46.7 Å². The molecule has 30 heavy (non-hydrogen) atoms. The van der Waals surface area contributed by atoms with Crippen LogP contribution in [0.3, 0.4) is 0 Å². The Bertz CT molecular complexity index is 1020. The summed E-state index contributed by atoms with van der Waals surface area (Å²) >= 11 is 7.54. The van der Waals surface area contributed by atoms with Crippen molar-refractivity contribution in [1.82, 2.24) is 14.5 Å². The quantitative estimate of drug-likeness (QED) is 0.402. The number of aromatic nitrogens is 3. The van der Waals surface area contributed by atoms with Crippen molar-refractivity contribution >= 4 is 34.5 Å². The normalized spacial score (nSPS) is 16.9. The lowest BCUT2D eigenvalue weighted by Crippen LogP contribution is -2.17. The number of fused-ring (bicyclic) bond motifs is 1. The number of thioether (sulfide) groups is 1. The molecule has 2 aromatic heterocycles. The van der Waals surface area contributed by atoms with Gasteiger partial charge in [0.1, 0.15) is 34.2 Å². The second-order valence-electron chi connectivity index (χ2n) is 7.09. The van der Waals surface area contributed by atoms with Crippen molar-refractivity contribution in [1.29, 1.82) is 0 Å². The van der Waals surface area contributed by atoms with E-state index in [1.54, 1.807) is 12.4 Å². The Hall–Kier alpha value is -1.90. The van der Waals surface area contributed by atoms with Crippen LogP contribution in [0.2, 0.25) is 5.02 Å². The summed E-state index contributed by atoms with van der Waals surface area (Å²) in [4.78, 5) is 8.99. The maximum atomic E-state index is 14.4. The number of ether oxygens (including phenoxy) is 2. The summed E-state index contributed by atoms with van der Waals surface area (Å²) in [6.07, 6.45) is 5.36. The van der Waals surface area contributed by atoms with Crippen molar-refractivity contribution in [2.24, 2.45) is 0 Å². The summed E-state index contributed by atoms with van der Waals surface area (Å²) in [5, 5.41) is 0.887. The first-order valence-electron chi connectivity index (χ1n) is 9.95. The van der Waals surface area contributed by atoms with Gasteiger partial charge in [0.25, 0.3) is 0 Å². The molecule has 1 atom stereocenters. The van der Waals surface area contributed by atoms with E-state index in [0.717, 1.165) is 25.7 Å². The minimum Gasteiger partial charge on any atom is -0.493 e. The number of benzene rings is 1. The molecule has 0 bridgehead atoms. The highest BCUT2D eigenvalue weighted by Crippen LogP contribution is 2.34. The zero-order chi connectivity index (χ0) is 21.1. The Morgan fingerprint density at radius 2 is 2.07 bits per heavy atom. The fraction of sp³-hybridized carbons (Fsp3) is 0.429. The molecule has 3 heterocycles. The van der Waals surface area contributed by atoms with E-state index in [-0.39, 0.29) is 23.3 Å². The maximum absolute atomic E-state index is 14.4. The standard InChI is InChI=1S/C21H22ClF2N3O2S/c1-2-6-28-13-8-16(23)14(17(24)9-13)11-30-21-15(22)10-18-20(26-21)27(12-25-18)19-5-3-4-7-29-19/h8-10,12,19H,2-7,11H2,1H3. The van der Waals surface area contributed by atoms with Gasteiger partial charge in [-0.05, 0) is 31.7 Å². The molecule has 1 aromatic carbocycles. The highest BCUT2D eigenvalue weighted by atomic mass is 35.5. The molecule has 0 amide bonds. The van der Waals surface area contributed by atoms with E-state index in [4.69, 9.17) is 21.1 Å². The molecule has 0 saturated carbocycles. The van der Waals surface area contributed by atoms with E-state index in [2.05, 4.69) is 9.97 Å². The van der Waals surface area contributed by atoms with E-state index in [1.165, 1.54) is 23.9 Å². The predicted octanol–water partition coefficient (Wildman–Crippen LogP) is 6.14. The predicted molar refractivity (Wildman–Crippen MR) is 113 cm³/mol. The third kappa shape index (κ3) is 4.55. The van der Waals surface area contributed by atoms with Crippen LogP contribution in [0.25, 0.3) is 11.2 Å². The van der Waals surface area contributed by atoms with E-state index in [0.29, 0.717) is 34.4 Å². The Labute approximate surface area is 182 Å². The highest BCUT2D eigenvalue weighted by molar-refractivity contribution is 7.98. The molecule has 0 N–H and O–H groups in total. The first kappa shape index (κ1) is 21.3. The fourth-order valence-electron chi connectivity index (χ4n) is 3.33. The molecule has 3 aromatic rings. The molecule has 1 aliphatic heterocycles. The number of halogens is 3. The molecule has 0 aliphatic carbocycles. The van der Waals surface area contributed by atoms with Crippen molar-refractivity contribution < 1.29 is 18.3 Å². The largest absolute Gasteiger partial charge is 0.493 e. The van der Waals surface area contributed by atoms with Gasteiger partial charge in [-0.25, -0.2) is 18.7 Å². The molecule has 1 unspecified atom stereocenters. The van der Waals surface area contributed by atoms with Crippen LogP contribution in [0.5, 0.6) is 5.75 Å². The van der Waals surface area contributed by atoms with E-state index < -0.39 is 11.6 Å². The second kappa shape index (κ2) is 9.49. The Morgan fingerprint density at radius 3 is 2.77 bits per heavy atom. The minimum absolute atomic E-state index is 0.0362. The molecule has 160 valence electrons. The summed E-state index contributed by atoms with van der Waals surface area (Å²) < 4.78 is 41.9. The van der Waals surface area contributed by atoms with Crippen molar-refractivity contribution in [2.45, 2.75) is 49.6 Å². The summed E-state index contributed by atoms with van der Waals surface area (Å²) in [7, 11) is 0. The lowest BCUT2D eigenvalue weighted by Gasteiger charge is -2.23. The lowest BCUT2D eigenvalue weighted by molar-refractivity contribution is -0.0298. The van der Waals surface area contributed by atoms with E-state index in [1.807, 2.05) is 11.5 Å². The third-order valence-corrected chi connectivity index (χ3v) is 6.29. The van der Waals surface area contributed by atoms with Gasteiger partial charge in [0.15, 0.2) is 5.65 Å². The zero-order valence-electron chi connectivity index (χ0n) is 16.5. The van der Waals surface area contributed by atoms with Gasteiger partial charge >= 0.3 is 0 Å². The molecular weight excluding hydrogens is 432 g/mol. The van der Waals surface area contributed by atoms with Crippen LogP contribution in [0, 0.1) is 11.6 Å². The van der Waals surface area contributed by atoms with Crippen LogP contribution in [0.15, 0.2) is 29.6 Å². The number of hydrogen-bond donors (Lipinski definition) is 0. The highest BCUT2D eigenvalue weighted by Gasteiger charge is 2.20. The Morgan fingerprint density at radius 1 is 1.27 bits per heavy atom. The number of hydrogen-bond acceptors (Lipinski definition) is 5. The molecule has 5 nitrogen and oxygen atoms in total. The Balaban J connectivity index is 1.56. The van der Waals surface area contributed by atoms with Crippen LogP contribution in [0.4, 0.5) is 8.78 Å². The third-order valence-electron chi connectivity index (χ3n) is 4.88. The van der Waals surface area contributed by atoms with Crippen LogP contribution >= 0.6 is 23.4 Å². The van der Waals surface area contributed by atoms with Crippen LogP contribution in [-0.2, 0) is 10.5 Å². The Kier molecular flexibility index (Phi) is 6.75. The second-order valence-corrected chi connectivity index (χ2v) is 8.46. The molecule has 9 heteroatoms. The van der Waals surface area contributed by atoms with Crippen molar-refractivity contribution in [3.8, 4) is 5.75 Å². The molecular formula is C21H22ClF2N3O2S. The average molecular weight is 454 g/mol. The smallest absolute Gasteiger partial charge is 0.163 e. The summed E-state index contributed by atoms with van der Waals surface area (Å²) in [5.74, 6) is -1.05. The molecule has 0 spiro atoms. The number of imidazole rings is 1. The summed E-state index contributed by atoms with van der Waals surface area (Å²) in [6, 6.07) is 4.14. The molecule has 1 aliphatic rings. The monoisotopic (exact) mass is 453 g/mol. The summed E-state index contributed by atoms with van der Waals surface area (Å²) in [6.45, 7) is 3.04. The molecule has 0 radical (unpaired) electrons.